The number of para-hydroxylation sites is 1. The Labute approximate surface area is 102 Å². The summed E-state index contributed by atoms with van der Waals surface area (Å²) < 4.78 is 0. The molecule has 0 aliphatic carbocycles. The molecule has 1 aromatic carbocycles. The number of likely N-dealkylation sites (N-methyl/N-ethyl adjacent to an activating group) is 1. The van der Waals surface area contributed by atoms with Crippen LogP contribution in [-0.4, -0.2) is 30.4 Å². The predicted molar refractivity (Wildman–Crippen MR) is 67.6 cm³/mol. The van der Waals surface area contributed by atoms with Gasteiger partial charge in [0.2, 0.25) is 5.91 Å². The minimum atomic E-state index is -0.108. The van der Waals surface area contributed by atoms with Gasteiger partial charge in [0, 0.05) is 6.04 Å². The normalized spacial score (nSPS) is 10.4. The van der Waals surface area contributed by atoms with Gasteiger partial charge in [-0.15, -0.1) is 0 Å². The van der Waals surface area contributed by atoms with Gasteiger partial charge in [-0.3, -0.25) is 9.69 Å². The van der Waals surface area contributed by atoms with E-state index in [1.54, 1.807) is 24.3 Å². The van der Waals surface area contributed by atoms with Crippen molar-refractivity contribution in [1.29, 1.82) is 5.26 Å². The molecule has 0 aromatic heterocycles. The molecule has 0 atom stereocenters. The second-order valence-corrected chi connectivity index (χ2v) is 4.21. The summed E-state index contributed by atoms with van der Waals surface area (Å²) in [5.41, 5.74) is 1.05. The highest BCUT2D eigenvalue weighted by Gasteiger charge is 2.10. The molecular formula is C13H17N3O. The molecule has 0 saturated carbocycles. The van der Waals surface area contributed by atoms with Gasteiger partial charge in [-0.05, 0) is 33.0 Å². The van der Waals surface area contributed by atoms with Crippen LogP contribution in [0.15, 0.2) is 24.3 Å². The fourth-order valence-electron chi connectivity index (χ4n) is 1.29. The lowest BCUT2D eigenvalue weighted by Crippen LogP contribution is -2.34. The molecule has 1 rings (SSSR count). The van der Waals surface area contributed by atoms with E-state index in [1.165, 1.54) is 0 Å². The van der Waals surface area contributed by atoms with Gasteiger partial charge in [0.1, 0.15) is 6.07 Å². The van der Waals surface area contributed by atoms with Crippen LogP contribution in [0.1, 0.15) is 19.4 Å². The van der Waals surface area contributed by atoms with Gasteiger partial charge in [-0.2, -0.15) is 5.26 Å². The molecule has 0 saturated heterocycles. The molecule has 0 bridgehead atoms. The SMILES string of the molecule is CC(C)N(C)CC(=O)Nc1ccccc1C#N. The monoisotopic (exact) mass is 231 g/mol. The minimum absolute atomic E-state index is 0.108. The summed E-state index contributed by atoms with van der Waals surface area (Å²) in [6.07, 6.45) is 0. The van der Waals surface area contributed by atoms with Crippen LogP contribution in [0, 0.1) is 11.3 Å². The highest BCUT2D eigenvalue weighted by Crippen LogP contribution is 2.13. The number of hydrogen-bond acceptors (Lipinski definition) is 3. The molecule has 4 heteroatoms. The number of carbonyl (C=O) groups is 1. The smallest absolute Gasteiger partial charge is 0.238 e. The molecule has 0 aliphatic rings. The second kappa shape index (κ2) is 6.02. The predicted octanol–water partition coefficient (Wildman–Crippen LogP) is 1.84. The van der Waals surface area contributed by atoms with E-state index in [0.29, 0.717) is 23.8 Å². The summed E-state index contributed by atoms with van der Waals surface area (Å²) in [7, 11) is 1.89. The van der Waals surface area contributed by atoms with Crippen molar-refractivity contribution in [2.24, 2.45) is 0 Å². The fraction of sp³-hybridized carbons (Fsp3) is 0.385. The lowest BCUT2D eigenvalue weighted by atomic mass is 10.2. The Kier molecular flexibility index (Phi) is 4.68. The Balaban J connectivity index is 2.66. The van der Waals surface area contributed by atoms with Crippen LogP contribution in [0.4, 0.5) is 5.69 Å². The summed E-state index contributed by atoms with van der Waals surface area (Å²) in [4.78, 5) is 13.7. The third kappa shape index (κ3) is 3.89. The minimum Gasteiger partial charge on any atom is -0.324 e. The van der Waals surface area contributed by atoms with Crippen molar-refractivity contribution in [2.75, 3.05) is 18.9 Å². The number of carbonyl (C=O) groups excluding carboxylic acids is 1. The van der Waals surface area contributed by atoms with E-state index in [9.17, 15) is 4.79 Å². The molecule has 0 unspecified atom stereocenters. The molecule has 0 heterocycles. The van der Waals surface area contributed by atoms with Crippen molar-refractivity contribution < 1.29 is 4.79 Å². The first-order valence-corrected chi connectivity index (χ1v) is 5.53. The van der Waals surface area contributed by atoms with Crippen LogP contribution >= 0.6 is 0 Å². The lowest BCUT2D eigenvalue weighted by molar-refractivity contribution is -0.117. The number of rotatable bonds is 4. The van der Waals surface area contributed by atoms with Crippen molar-refractivity contribution in [3.8, 4) is 6.07 Å². The highest BCUT2D eigenvalue weighted by atomic mass is 16.2. The zero-order valence-electron chi connectivity index (χ0n) is 10.4. The van der Waals surface area contributed by atoms with E-state index >= 15 is 0 Å². The number of hydrogen-bond donors (Lipinski definition) is 1. The maximum Gasteiger partial charge on any atom is 0.238 e. The van der Waals surface area contributed by atoms with Crippen molar-refractivity contribution in [3.05, 3.63) is 29.8 Å². The second-order valence-electron chi connectivity index (χ2n) is 4.21. The number of amides is 1. The zero-order valence-corrected chi connectivity index (χ0v) is 10.4. The Morgan fingerprint density at radius 1 is 1.47 bits per heavy atom. The Bertz CT molecular complexity index is 435. The van der Waals surface area contributed by atoms with Gasteiger partial charge < -0.3 is 5.32 Å². The molecule has 1 aromatic rings. The Hall–Kier alpha value is -1.86. The van der Waals surface area contributed by atoms with Crippen molar-refractivity contribution >= 4 is 11.6 Å². The third-order valence-electron chi connectivity index (χ3n) is 2.60. The molecule has 0 spiro atoms. The lowest BCUT2D eigenvalue weighted by Gasteiger charge is -2.20. The number of benzene rings is 1. The molecule has 17 heavy (non-hydrogen) atoms. The summed E-state index contributed by atoms with van der Waals surface area (Å²) in [5.74, 6) is -0.108. The molecule has 90 valence electrons. The maximum atomic E-state index is 11.7. The largest absolute Gasteiger partial charge is 0.324 e. The zero-order chi connectivity index (χ0) is 12.8. The van der Waals surface area contributed by atoms with Gasteiger partial charge in [0.05, 0.1) is 17.8 Å². The van der Waals surface area contributed by atoms with Gasteiger partial charge in [0.15, 0.2) is 0 Å². The van der Waals surface area contributed by atoms with Crippen molar-refractivity contribution in [3.63, 3.8) is 0 Å². The first kappa shape index (κ1) is 13.2. The van der Waals surface area contributed by atoms with Crippen LogP contribution in [0.3, 0.4) is 0 Å². The Morgan fingerprint density at radius 3 is 2.71 bits per heavy atom. The van der Waals surface area contributed by atoms with E-state index in [1.807, 2.05) is 31.9 Å². The van der Waals surface area contributed by atoms with E-state index in [2.05, 4.69) is 5.32 Å². The van der Waals surface area contributed by atoms with E-state index in [4.69, 9.17) is 5.26 Å². The quantitative estimate of drug-likeness (QED) is 0.860. The molecular weight excluding hydrogens is 214 g/mol. The standard InChI is InChI=1S/C13H17N3O/c1-10(2)16(3)9-13(17)15-12-7-5-4-6-11(12)8-14/h4-7,10H,9H2,1-3H3,(H,15,17). The number of nitrogens with zero attached hydrogens (tertiary/aromatic N) is 2. The summed E-state index contributed by atoms with van der Waals surface area (Å²) in [6, 6.07) is 9.34. The van der Waals surface area contributed by atoms with Crippen molar-refractivity contribution in [2.45, 2.75) is 19.9 Å². The molecule has 1 amide bonds. The summed E-state index contributed by atoms with van der Waals surface area (Å²) in [6.45, 7) is 4.37. The van der Waals surface area contributed by atoms with E-state index < -0.39 is 0 Å². The van der Waals surface area contributed by atoms with Crippen LogP contribution < -0.4 is 5.32 Å². The van der Waals surface area contributed by atoms with Gasteiger partial charge >= 0.3 is 0 Å². The molecule has 0 fully saturated rings. The van der Waals surface area contributed by atoms with E-state index in [0.717, 1.165) is 0 Å². The van der Waals surface area contributed by atoms with Crippen LogP contribution in [-0.2, 0) is 4.79 Å². The molecule has 4 nitrogen and oxygen atoms in total. The average Bonchev–Trinajstić information content (AvgIpc) is 2.29. The fourth-order valence-corrected chi connectivity index (χ4v) is 1.29. The molecule has 0 radical (unpaired) electrons. The van der Waals surface area contributed by atoms with E-state index in [-0.39, 0.29) is 5.91 Å². The highest BCUT2D eigenvalue weighted by molar-refractivity contribution is 5.93. The number of anilines is 1. The first-order chi connectivity index (χ1) is 8.04. The van der Waals surface area contributed by atoms with Gasteiger partial charge in [-0.25, -0.2) is 0 Å². The Morgan fingerprint density at radius 2 is 2.12 bits per heavy atom. The van der Waals surface area contributed by atoms with Gasteiger partial charge in [0.25, 0.3) is 0 Å². The molecule has 0 aliphatic heterocycles. The topological polar surface area (TPSA) is 56.1 Å². The summed E-state index contributed by atoms with van der Waals surface area (Å²) in [5, 5.41) is 11.6. The maximum absolute atomic E-state index is 11.7. The number of nitriles is 1. The average molecular weight is 231 g/mol. The van der Waals surface area contributed by atoms with Gasteiger partial charge in [-0.1, -0.05) is 12.1 Å². The number of nitrogens with one attached hydrogen (secondary N) is 1. The third-order valence-corrected chi connectivity index (χ3v) is 2.60. The first-order valence-electron chi connectivity index (χ1n) is 5.53. The molecule has 1 N–H and O–H groups in total. The van der Waals surface area contributed by atoms with Crippen molar-refractivity contribution in [1.82, 2.24) is 4.90 Å². The van der Waals surface area contributed by atoms with Crippen LogP contribution in [0.25, 0.3) is 0 Å². The van der Waals surface area contributed by atoms with Crippen LogP contribution in [0.2, 0.25) is 0 Å². The van der Waals surface area contributed by atoms with Crippen LogP contribution in [0.5, 0.6) is 0 Å². The summed E-state index contributed by atoms with van der Waals surface area (Å²) >= 11 is 0.